The molecule has 116 valence electrons. The summed E-state index contributed by atoms with van der Waals surface area (Å²) in [6, 6.07) is 3.19. The molecule has 0 radical (unpaired) electrons. The van der Waals surface area contributed by atoms with Crippen molar-refractivity contribution in [1.29, 1.82) is 0 Å². The Kier molecular flexibility index (Phi) is 5.50. The first-order valence-electron chi connectivity index (χ1n) is 7.64. The van der Waals surface area contributed by atoms with Crippen molar-refractivity contribution in [2.75, 3.05) is 31.5 Å². The van der Waals surface area contributed by atoms with Gasteiger partial charge in [-0.05, 0) is 44.8 Å². The lowest BCUT2D eigenvalue weighted by Crippen LogP contribution is -2.35. The van der Waals surface area contributed by atoms with Crippen LogP contribution in [0.1, 0.15) is 31.9 Å². The smallest absolute Gasteiger partial charge is 0.290 e. The van der Waals surface area contributed by atoms with Crippen LogP contribution in [0.25, 0.3) is 0 Å². The lowest BCUT2D eigenvalue weighted by molar-refractivity contribution is -0.385. The van der Waals surface area contributed by atoms with E-state index in [1.54, 1.807) is 13.0 Å². The highest BCUT2D eigenvalue weighted by Crippen LogP contribution is 2.18. The lowest BCUT2D eigenvalue weighted by Gasteiger charge is -2.29. The van der Waals surface area contributed by atoms with E-state index in [0.29, 0.717) is 17.4 Å². The molecule has 21 heavy (non-hydrogen) atoms. The third kappa shape index (κ3) is 4.67. The van der Waals surface area contributed by atoms with Crippen LogP contribution < -0.4 is 5.32 Å². The van der Waals surface area contributed by atoms with Crippen molar-refractivity contribution in [3.63, 3.8) is 0 Å². The summed E-state index contributed by atoms with van der Waals surface area (Å²) in [6.07, 6.45) is 3.97. The Labute approximate surface area is 125 Å². The molecule has 1 unspecified atom stereocenters. The van der Waals surface area contributed by atoms with Crippen LogP contribution in [-0.4, -0.2) is 41.0 Å². The fourth-order valence-electron chi connectivity index (χ4n) is 2.77. The number of pyridine rings is 1. The van der Waals surface area contributed by atoms with Gasteiger partial charge in [-0.15, -0.1) is 0 Å². The van der Waals surface area contributed by atoms with Crippen LogP contribution in [-0.2, 0) is 0 Å². The number of aryl methyl sites for hydroxylation is 1. The number of nitro groups is 1. The average molecular weight is 292 g/mol. The largest absolute Gasteiger partial charge is 0.370 e. The Hall–Kier alpha value is -1.69. The van der Waals surface area contributed by atoms with Gasteiger partial charge in [0.15, 0.2) is 0 Å². The van der Waals surface area contributed by atoms with E-state index in [9.17, 15) is 10.1 Å². The number of piperidine rings is 1. The van der Waals surface area contributed by atoms with Crippen LogP contribution in [0.5, 0.6) is 0 Å². The maximum atomic E-state index is 10.8. The number of likely N-dealkylation sites (tertiary alicyclic amines) is 1. The van der Waals surface area contributed by atoms with E-state index in [-0.39, 0.29) is 5.69 Å². The highest BCUT2D eigenvalue weighted by Gasteiger charge is 2.14. The first kappa shape index (κ1) is 15.7. The molecule has 2 rings (SSSR count). The number of aromatic nitrogens is 1. The minimum Gasteiger partial charge on any atom is -0.370 e. The Morgan fingerprint density at radius 1 is 1.38 bits per heavy atom. The Bertz CT molecular complexity index is 487. The molecule has 6 nitrogen and oxygen atoms in total. The molecule has 0 aliphatic carbocycles. The Morgan fingerprint density at radius 2 is 2.10 bits per heavy atom. The van der Waals surface area contributed by atoms with Gasteiger partial charge in [0.05, 0.1) is 4.92 Å². The average Bonchev–Trinajstić information content (AvgIpc) is 2.46. The minimum absolute atomic E-state index is 0.0712. The van der Waals surface area contributed by atoms with E-state index in [1.807, 2.05) is 0 Å². The van der Waals surface area contributed by atoms with Gasteiger partial charge < -0.3 is 10.2 Å². The first-order chi connectivity index (χ1) is 10.1. The van der Waals surface area contributed by atoms with Gasteiger partial charge in [-0.3, -0.25) is 10.1 Å². The molecule has 2 heterocycles. The van der Waals surface area contributed by atoms with Crippen LogP contribution in [0.15, 0.2) is 12.1 Å². The standard InChI is InChI=1S/C15H24N4O2/c1-12(11-18-8-4-3-5-9-18)10-16-15-7-6-14(19(20)21)13(2)17-15/h6-7,12H,3-5,8-11H2,1-2H3,(H,16,17). The van der Waals surface area contributed by atoms with Gasteiger partial charge in [0.1, 0.15) is 11.5 Å². The Morgan fingerprint density at radius 3 is 2.71 bits per heavy atom. The van der Waals surface area contributed by atoms with Crippen LogP contribution in [0.2, 0.25) is 0 Å². The molecule has 1 aromatic heterocycles. The lowest BCUT2D eigenvalue weighted by atomic mass is 10.1. The third-order valence-electron chi connectivity index (χ3n) is 3.90. The monoisotopic (exact) mass is 292 g/mol. The van der Waals surface area contributed by atoms with Gasteiger partial charge in [-0.2, -0.15) is 0 Å². The predicted molar refractivity (Wildman–Crippen MR) is 83.6 cm³/mol. The molecule has 0 bridgehead atoms. The third-order valence-corrected chi connectivity index (χ3v) is 3.90. The topological polar surface area (TPSA) is 71.3 Å². The number of nitrogens with one attached hydrogen (secondary N) is 1. The summed E-state index contributed by atoms with van der Waals surface area (Å²) in [4.78, 5) is 17.1. The molecule has 1 N–H and O–H groups in total. The number of nitrogens with zero attached hydrogens (tertiary/aromatic N) is 3. The molecule has 1 aromatic rings. The minimum atomic E-state index is -0.398. The molecule has 6 heteroatoms. The summed E-state index contributed by atoms with van der Waals surface area (Å²) in [5.41, 5.74) is 0.524. The van der Waals surface area contributed by atoms with Gasteiger partial charge in [-0.25, -0.2) is 4.98 Å². The second-order valence-electron chi connectivity index (χ2n) is 5.91. The Balaban J connectivity index is 1.81. The molecule has 0 spiro atoms. The number of hydrogen-bond acceptors (Lipinski definition) is 5. The van der Waals surface area contributed by atoms with Crippen molar-refractivity contribution in [3.05, 3.63) is 27.9 Å². The van der Waals surface area contributed by atoms with E-state index in [0.717, 1.165) is 13.1 Å². The van der Waals surface area contributed by atoms with Gasteiger partial charge in [0, 0.05) is 19.2 Å². The van der Waals surface area contributed by atoms with E-state index in [2.05, 4.69) is 22.1 Å². The molecule has 1 fully saturated rings. The van der Waals surface area contributed by atoms with Crippen LogP contribution in [0, 0.1) is 23.0 Å². The second kappa shape index (κ2) is 7.36. The van der Waals surface area contributed by atoms with Crippen molar-refractivity contribution in [2.24, 2.45) is 5.92 Å². The van der Waals surface area contributed by atoms with Crippen molar-refractivity contribution < 1.29 is 4.92 Å². The molecular weight excluding hydrogens is 268 g/mol. The van der Waals surface area contributed by atoms with Crippen molar-refractivity contribution >= 4 is 11.5 Å². The van der Waals surface area contributed by atoms with Gasteiger partial charge >= 0.3 is 0 Å². The number of rotatable bonds is 6. The van der Waals surface area contributed by atoms with E-state index in [4.69, 9.17) is 0 Å². The fourth-order valence-corrected chi connectivity index (χ4v) is 2.77. The molecular formula is C15H24N4O2. The van der Waals surface area contributed by atoms with Crippen LogP contribution in [0.3, 0.4) is 0 Å². The summed E-state index contributed by atoms with van der Waals surface area (Å²) < 4.78 is 0. The predicted octanol–water partition coefficient (Wildman–Crippen LogP) is 2.83. The van der Waals surface area contributed by atoms with E-state index >= 15 is 0 Å². The maximum Gasteiger partial charge on any atom is 0.290 e. The molecule has 0 aromatic carbocycles. The number of anilines is 1. The summed E-state index contributed by atoms with van der Waals surface area (Å²) in [5.74, 6) is 1.24. The maximum absolute atomic E-state index is 10.8. The quantitative estimate of drug-likeness (QED) is 0.645. The second-order valence-corrected chi connectivity index (χ2v) is 5.91. The zero-order chi connectivity index (χ0) is 15.2. The fraction of sp³-hybridized carbons (Fsp3) is 0.667. The normalized spacial score (nSPS) is 17.4. The van der Waals surface area contributed by atoms with Crippen LogP contribution >= 0.6 is 0 Å². The van der Waals surface area contributed by atoms with Gasteiger partial charge in [0.25, 0.3) is 5.69 Å². The molecule has 0 saturated carbocycles. The zero-order valence-electron chi connectivity index (χ0n) is 12.8. The molecule has 1 aliphatic rings. The van der Waals surface area contributed by atoms with E-state index in [1.165, 1.54) is 38.4 Å². The number of hydrogen-bond donors (Lipinski definition) is 1. The van der Waals surface area contributed by atoms with Crippen LogP contribution in [0.4, 0.5) is 11.5 Å². The molecule has 1 saturated heterocycles. The summed E-state index contributed by atoms with van der Waals surface area (Å²) in [7, 11) is 0. The highest BCUT2D eigenvalue weighted by molar-refractivity contribution is 5.44. The molecule has 1 aliphatic heterocycles. The molecule has 1 atom stereocenters. The SMILES string of the molecule is Cc1nc(NCC(C)CN2CCCCC2)ccc1[N+](=O)[O-]. The first-order valence-corrected chi connectivity index (χ1v) is 7.64. The zero-order valence-corrected chi connectivity index (χ0v) is 12.8. The van der Waals surface area contributed by atoms with Gasteiger partial charge in [0.2, 0.25) is 0 Å². The van der Waals surface area contributed by atoms with Crippen molar-refractivity contribution in [1.82, 2.24) is 9.88 Å². The summed E-state index contributed by atoms with van der Waals surface area (Å²) >= 11 is 0. The van der Waals surface area contributed by atoms with Crippen molar-refractivity contribution in [3.8, 4) is 0 Å². The molecule has 0 amide bonds. The summed E-state index contributed by atoms with van der Waals surface area (Å²) in [6.45, 7) is 8.23. The van der Waals surface area contributed by atoms with Gasteiger partial charge in [-0.1, -0.05) is 13.3 Å². The summed E-state index contributed by atoms with van der Waals surface area (Å²) in [5, 5.41) is 14.0. The van der Waals surface area contributed by atoms with E-state index < -0.39 is 4.92 Å². The van der Waals surface area contributed by atoms with Crippen molar-refractivity contribution in [2.45, 2.75) is 33.1 Å². The highest BCUT2D eigenvalue weighted by atomic mass is 16.6.